The van der Waals surface area contributed by atoms with Crippen LogP contribution in [-0.2, 0) is 0 Å². The van der Waals surface area contributed by atoms with Crippen LogP contribution in [0.25, 0.3) is 22.3 Å². The van der Waals surface area contributed by atoms with Crippen LogP contribution in [0.5, 0.6) is 0 Å². The van der Waals surface area contributed by atoms with Gasteiger partial charge in [-0.05, 0) is 51.5 Å². The van der Waals surface area contributed by atoms with Crippen molar-refractivity contribution in [2.24, 2.45) is 5.84 Å². The third-order valence-electron chi connectivity index (χ3n) is 5.65. The van der Waals surface area contributed by atoms with Crippen molar-refractivity contribution in [1.82, 2.24) is 10.4 Å². The van der Waals surface area contributed by atoms with Gasteiger partial charge in [0.15, 0.2) is 11.1 Å². The maximum Gasteiger partial charge on any atom is 0.285 e. The highest BCUT2D eigenvalue weighted by molar-refractivity contribution is 5.97. The molecule has 4 rings (SSSR count). The molecule has 0 saturated heterocycles. The molecule has 33 heavy (non-hydrogen) atoms. The Morgan fingerprint density at radius 1 is 1.06 bits per heavy atom. The zero-order chi connectivity index (χ0) is 23.7. The highest BCUT2D eigenvalue weighted by Gasteiger charge is 2.21. The summed E-state index contributed by atoms with van der Waals surface area (Å²) in [5, 5.41) is 3.87. The molecule has 168 valence electrons. The number of hydrazine groups is 1. The summed E-state index contributed by atoms with van der Waals surface area (Å²) in [5.74, 6) is 5.40. The molecule has 2 heterocycles. The van der Waals surface area contributed by atoms with Crippen molar-refractivity contribution in [1.29, 1.82) is 0 Å². The summed E-state index contributed by atoms with van der Waals surface area (Å²) in [6.07, 6.45) is 0. The lowest BCUT2D eigenvalue weighted by atomic mass is 9.98. The van der Waals surface area contributed by atoms with E-state index in [1.807, 2.05) is 62.4 Å². The first-order valence-electron chi connectivity index (χ1n) is 10.7. The van der Waals surface area contributed by atoms with E-state index in [1.165, 1.54) is 0 Å². The topological polar surface area (TPSA) is 110 Å². The lowest BCUT2D eigenvalue weighted by Crippen LogP contribution is -2.31. The molecule has 2 aromatic carbocycles. The number of aromatic nitrogens is 1. The summed E-state index contributed by atoms with van der Waals surface area (Å²) in [6, 6.07) is 16.7. The van der Waals surface area contributed by atoms with Gasteiger partial charge < -0.3 is 9.73 Å². The van der Waals surface area contributed by atoms with Gasteiger partial charge >= 0.3 is 0 Å². The maximum atomic E-state index is 13.3. The summed E-state index contributed by atoms with van der Waals surface area (Å²) in [5.41, 5.74) is 7.16. The number of benzene rings is 2. The first-order valence-corrected chi connectivity index (χ1v) is 10.7. The Hall–Kier alpha value is -3.97. The smallest absolute Gasteiger partial charge is 0.285 e. The summed E-state index contributed by atoms with van der Waals surface area (Å²) in [7, 11) is 0. The fourth-order valence-electron chi connectivity index (χ4n) is 3.98. The number of hydrogen-bond acceptors (Lipinski definition) is 6. The van der Waals surface area contributed by atoms with Crippen LogP contribution in [-0.4, -0.2) is 10.9 Å². The monoisotopic (exact) mass is 442 g/mol. The molecule has 0 unspecified atom stereocenters. The molecular formula is C26H26N4O3. The number of hydrogen-bond donors (Lipinski definition) is 3. The number of nitrogen functional groups attached to an aromatic ring is 1. The molecule has 2 aromatic heterocycles. The Morgan fingerprint density at radius 3 is 2.48 bits per heavy atom. The second-order valence-electron chi connectivity index (χ2n) is 8.17. The van der Waals surface area contributed by atoms with Crippen molar-refractivity contribution in [3.63, 3.8) is 0 Å². The van der Waals surface area contributed by atoms with Crippen molar-refractivity contribution in [2.75, 3.05) is 5.32 Å². The van der Waals surface area contributed by atoms with Crippen LogP contribution in [0.1, 0.15) is 45.8 Å². The number of nitrogens with zero attached hydrogens (tertiary/aromatic N) is 1. The van der Waals surface area contributed by atoms with Crippen molar-refractivity contribution in [3.8, 4) is 11.3 Å². The molecule has 0 fully saturated rings. The fourth-order valence-corrected chi connectivity index (χ4v) is 3.98. The molecule has 1 amide bonds. The number of amides is 1. The highest BCUT2D eigenvalue weighted by atomic mass is 16.3. The van der Waals surface area contributed by atoms with Crippen molar-refractivity contribution < 1.29 is 9.21 Å². The molecule has 7 nitrogen and oxygen atoms in total. The first kappa shape index (κ1) is 22.2. The van der Waals surface area contributed by atoms with Crippen LogP contribution >= 0.6 is 0 Å². The van der Waals surface area contributed by atoms with Gasteiger partial charge in [-0.2, -0.15) is 0 Å². The molecular weight excluding hydrogens is 416 g/mol. The second kappa shape index (κ2) is 8.88. The van der Waals surface area contributed by atoms with Crippen LogP contribution in [0.3, 0.4) is 0 Å². The molecule has 0 spiro atoms. The first-order chi connectivity index (χ1) is 15.8. The Balaban J connectivity index is 1.87. The molecule has 0 aliphatic carbocycles. The van der Waals surface area contributed by atoms with Gasteiger partial charge in [-0.3, -0.25) is 15.0 Å². The van der Waals surface area contributed by atoms with E-state index < -0.39 is 5.91 Å². The van der Waals surface area contributed by atoms with E-state index in [-0.39, 0.29) is 17.2 Å². The Bertz CT molecular complexity index is 1410. The van der Waals surface area contributed by atoms with Gasteiger partial charge in [0.2, 0.25) is 0 Å². The average molecular weight is 443 g/mol. The maximum absolute atomic E-state index is 13.3. The predicted octanol–water partition coefficient (Wildman–Crippen LogP) is 4.56. The summed E-state index contributed by atoms with van der Waals surface area (Å²) in [6.45, 7) is 7.47. The van der Waals surface area contributed by atoms with Gasteiger partial charge in [-0.25, -0.2) is 10.8 Å². The number of aryl methyl sites for hydroxylation is 2. The van der Waals surface area contributed by atoms with E-state index in [0.717, 1.165) is 16.7 Å². The van der Waals surface area contributed by atoms with E-state index in [2.05, 4.69) is 15.7 Å². The lowest BCUT2D eigenvalue weighted by Gasteiger charge is -2.20. The van der Waals surface area contributed by atoms with Crippen LogP contribution in [0.4, 0.5) is 5.69 Å². The molecule has 0 aliphatic heterocycles. The van der Waals surface area contributed by atoms with E-state index in [0.29, 0.717) is 33.7 Å². The third-order valence-corrected chi connectivity index (χ3v) is 5.65. The van der Waals surface area contributed by atoms with Gasteiger partial charge in [-0.1, -0.05) is 36.4 Å². The van der Waals surface area contributed by atoms with Gasteiger partial charge in [0.25, 0.3) is 5.91 Å². The molecule has 0 aliphatic rings. The predicted molar refractivity (Wildman–Crippen MR) is 130 cm³/mol. The summed E-state index contributed by atoms with van der Waals surface area (Å²) >= 11 is 0. The number of nitrogens with two attached hydrogens (primary N) is 1. The van der Waals surface area contributed by atoms with E-state index in [1.54, 1.807) is 19.9 Å². The van der Waals surface area contributed by atoms with E-state index in [9.17, 15) is 9.59 Å². The molecule has 1 atom stereocenters. The molecule has 0 bridgehead atoms. The number of nitrogens with one attached hydrogen (secondary N) is 2. The minimum atomic E-state index is -0.490. The van der Waals surface area contributed by atoms with Crippen LogP contribution < -0.4 is 22.0 Å². The zero-order valence-corrected chi connectivity index (χ0v) is 19.0. The van der Waals surface area contributed by atoms with Crippen molar-refractivity contribution in [3.05, 3.63) is 92.9 Å². The number of carbonyl (C=O) groups excluding carboxylic acids is 1. The number of anilines is 1. The minimum absolute atomic E-state index is 0.0625. The average Bonchev–Trinajstić information content (AvgIpc) is 2.82. The molecule has 7 heteroatoms. The van der Waals surface area contributed by atoms with Crippen LogP contribution in [0, 0.1) is 20.8 Å². The molecule has 0 radical (unpaired) electrons. The van der Waals surface area contributed by atoms with Gasteiger partial charge in [0, 0.05) is 22.4 Å². The Labute approximate surface area is 191 Å². The lowest BCUT2D eigenvalue weighted by molar-refractivity contribution is 0.0949. The number of rotatable bonds is 5. The van der Waals surface area contributed by atoms with Gasteiger partial charge in [0.05, 0.1) is 17.1 Å². The quantitative estimate of drug-likeness (QED) is 0.237. The second-order valence-corrected chi connectivity index (χ2v) is 8.17. The van der Waals surface area contributed by atoms with Gasteiger partial charge in [-0.15, -0.1) is 0 Å². The van der Waals surface area contributed by atoms with Crippen LogP contribution in [0.2, 0.25) is 0 Å². The Morgan fingerprint density at radius 2 is 1.79 bits per heavy atom. The zero-order valence-electron chi connectivity index (χ0n) is 19.0. The van der Waals surface area contributed by atoms with Crippen molar-refractivity contribution >= 4 is 22.6 Å². The fraction of sp³-hybridized carbons (Fsp3) is 0.192. The third kappa shape index (κ3) is 4.23. The van der Waals surface area contributed by atoms with Crippen LogP contribution in [0.15, 0.2) is 63.8 Å². The number of carbonyl (C=O) groups is 1. The number of pyridine rings is 1. The molecule has 4 aromatic rings. The summed E-state index contributed by atoms with van der Waals surface area (Å²) < 4.78 is 6.37. The SMILES string of the molecule is Cc1cc([C@@H](C)Nc2ccc(C)nc2C(=O)NN)c2oc(-c3ccccc3)c(C)c(=O)c2c1. The van der Waals surface area contributed by atoms with Gasteiger partial charge in [0.1, 0.15) is 11.3 Å². The summed E-state index contributed by atoms with van der Waals surface area (Å²) in [4.78, 5) is 29.8. The largest absolute Gasteiger partial charge is 0.455 e. The molecule has 4 N–H and O–H groups in total. The normalized spacial score (nSPS) is 11.9. The standard InChI is InChI=1S/C26H26N4O3/c1-14-12-19(17(4)29-21-11-10-15(2)28-22(21)26(32)30-27)25-20(13-14)23(31)16(3)24(33-25)18-8-6-5-7-9-18/h5-13,17,29H,27H2,1-4H3,(H,30,32)/t17-/m1/s1. The van der Waals surface area contributed by atoms with E-state index in [4.69, 9.17) is 10.3 Å². The number of fused-ring (bicyclic) bond motifs is 1. The molecule has 0 saturated carbocycles. The highest BCUT2D eigenvalue weighted by Crippen LogP contribution is 2.32. The van der Waals surface area contributed by atoms with Crippen molar-refractivity contribution in [2.45, 2.75) is 33.7 Å². The Kier molecular flexibility index (Phi) is 5.98. The van der Waals surface area contributed by atoms with E-state index >= 15 is 0 Å². The minimum Gasteiger partial charge on any atom is -0.455 e.